The maximum Gasteiger partial charge on any atom is 0.211 e. The van der Waals surface area contributed by atoms with E-state index < -0.39 is 41.6 Å². The predicted octanol–water partition coefficient (Wildman–Crippen LogP) is -1.13. The van der Waals surface area contributed by atoms with Crippen molar-refractivity contribution >= 4 is 43.5 Å². The fraction of sp³-hybridized carbons (Fsp3) is 0.0667. The summed E-state index contributed by atoms with van der Waals surface area (Å²) in [4.78, 5) is 6.25. The summed E-state index contributed by atoms with van der Waals surface area (Å²) in [6, 6.07) is 2.12. The van der Waals surface area contributed by atoms with Gasteiger partial charge in [0.05, 0.1) is 15.5 Å². The molecule has 1 aliphatic rings. The first-order valence-corrected chi connectivity index (χ1v) is 10.7. The summed E-state index contributed by atoms with van der Waals surface area (Å²) in [7, 11) is -10.2. The third-order valence-electron chi connectivity index (χ3n) is 4.19. The van der Waals surface area contributed by atoms with E-state index in [1.54, 1.807) is 12.3 Å². The second kappa shape index (κ2) is 7.38. The number of aromatic nitrogens is 1. The second-order valence-corrected chi connectivity index (χ2v) is 8.74. The van der Waals surface area contributed by atoms with Crippen LogP contribution in [0.4, 0.5) is 17.3 Å². The number of nitrogen functional groups attached to an aromatic ring is 2. The van der Waals surface area contributed by atoms with Gasteiger partial charge in [0, 0.05) is 11.1 Å². The molecule has 1 atom stereocenters. The maximum absolute atomic E-state index is 11.8. The molecular formula is C15H10N8O6S2-2. The first-order valence-electron chi connectivity index (χ1n) is 7.93. The van der Waals surface area contributed by atoms with Gasteiger partial charge in [-0.15, -0.1) is 0 Å². The maximum atomic E-state index is 11.8. The van der Waals surface area contributed by atoms with Gasteiger partial charge in [-0.3, -0.25) is 5.32 Å². The molecule has 0 aliphatic carbocycles. The van der Waals surface area contributed by atoms with Gasteiger partial charge in [0.2, 0.25) is 5.96 Å². The minimum atomic E-state index is -5.19. The Kier molecular flexibility index (Phi) is 5.17. The van der Waals surface area contributed by atoms with Gasteiger partial charge in [-0.2, -0.15) is 10.5 Å². The van der Waals surface area contributed by atoms with Crippen LogP contribution >= 0.6 is 0 Å². The predicted molar refractivity (Wildman–Crippen MR) is 102 cm³/mol. The van der Waals surface area contributed by atoms with Gasteiger partial charge in [-0.1, -0.05) is 0 Å². The summed E-state index contributed by atoms with van der Waals surface area (Å²) in [5.74, 6) is -0.715. The first kappa shape index (κ1) is 21.7. The van der Waals surface area contributed by atoms with Gasteiger partial charge in [-0.25, -0.2) is 26.8 Å². The van der Waals surface area contributed by atoms with Gasteiger partial charge >= 0.3 is 0 Å². The van der Waals surface area contributed by atoms with Gasteiger partial charge in [-0.05, 0) is 18.2 Å². The van der Waals surface area contributed by atoms with Crippen LogP contribution in [0.25, 0.3) is 0 Å². The highest BCUT2D eigenvalue weighted by atomic mass is 32.2. The highest BCUT2D eigenvalue weighted by Crippen LogP contribution is 2.42. The molecule has 0 fully saturated rings. The number of benzene rings is 1. The van der Waals surface area contributed by atoms with Crippen molar-refractivity contribution in [3.63, 3.8) is 0 Å². The average molecular weight is 462 g/mol. The quantitative estimate of drug-likeness (QED) is 0.239. The lowest BCUT2D eigenvalue weighted by atomic mass is 9.95. The Hall–Kier alpha value is -3.96. The molecule has 3 rings (SSSR count). The molecule has 1 aromatic heterocycles. The molecule has 0 bridgehead atoms. The number of anilines is 3. The molecule has 0 amide bonds. The van der Waals surface area contributed by atoms with E-state index in [1.807, 2.05) is 0 Å². The topological polar surface area (TPSA) is 263 Å². The standard InChI is InChI=1S/C15H12N8O6S2/c16-4-8-11(18)10-12(21-15(20-5-17)23-14(10)22-13(8)19)7-3-6(30(24,25)26)1-2-9(7)31(27,28)29/h1-3,12H,(H,24,25,26)(H,27,28,29)(H6,18,19,20,21,22,23)/p-2. The number of nitrogens with one attached hydrogen (secondary N) is 2. The second-order valence-electron chi connectivity index (χ2n) is 6.01. The Morgan fingerprint density at radius 2 is 1.81 bits per heavy atom. The number of fused-ring (bicyclic) bond motifs is 1. The first-order chi connectivity index (χ1) is 14.4. The van der Waals surface area contributed by atoms with E-state index >= 15 is 0 Å². The fourth-order valence-electron chi connectivity index (χ4n) is 2.93. The molecule has 0 spiro atoms. The Bertz CT molecular complexity index is 1440. The van der Waals surface area contributed by atoms with E-state index in [-0.39, 0.29) is 34.4 Å². The lowest BCUT2D eigenvalue weighted by Gasteiger charge is -2.28. The van der Waals surface area contributed by atoms with Crippen LogP contribution in [0.1, 0.15) is 22.7 Å². The van der Waals surface area contributed by atoms with Gasteiger partial charge < -0.3 is 25.9 Å². The number of nitrogens with zero attached hydrogens (tertiary/aromatic N) is 4. The molecule has 31 heavy (non-hydrogen) atoms. The van der Waals surface area contributed by atoms with E-state index in [4.69, 9.17) is 16.7 Å². The van der Waals surface area contributed by atoms with E-state index in [2.05, 4.69) is 20.6 Å². The third kappa shape index (κ3) is 3.91. The zero-order valence-electron chi connectivity index (χ0n) is 15.0. The summed E-state index contributed by atoms with van der Waals surface area (Å²) in [6.07, 6.45) is 1.56. The Morgan fingerprint density at radius 1 is 1.13 bits per heavy atom. The van der Waals surface area contributed by atoms with Crippen LogP contribution in [0.5, 0.6) is 0 Å². The molecule has 2 aromatic rings. The van der Waals surface area contributed by atoms with Crippen LogP contribution < -0.4 is 22.1 Å². The van der Waals surface area contributed by atoms with Crippen LogP contribution in [0.15, 0.2) is 33.0 Å². The number of pyridine rings is 1. The number of nitrogens with two attached hydrogens (primary N) is 2. The van der Waals surface area contributed by atoms with E-state index in [1.165, 1.54) is 0 Å². The summed E-state index contributed by atoms with van der Waals surface area (Å²) in [5.41, 5.74) is 10.5. The summed E-state index contributed by atoms with van der Waals surface area (Å²) < 4.78 is 69.8. The highest BCUT2D eigenvalue weighted by molar-refractivity contribution is 7.86. The van der Waals surface area contributed by atoms with Gasteiger partial charge in [0.15, 0.2) is 6.19 Å². The Labute approximate surface area is 175 Å². The molecule has 14 nitrogen and oxygen atoms in total. The largest absolute Gasteiger partial charge is 0.744 e. The van der Waals surface area contributed by atoms with Crippen LogP contribution in [0.2, 0.25) is 0 Å². The van der Waals surface area contributed by atoms with Crippen LogP contribution in [-0.2, 0) is 20.2 Å². The molecule has 160 valence electrons. The monoisotopic (exact) mass is 462 g/mol. The summed E-state index contributed by atoms with van der Waals surface area (Å²) >= 11 is 0. The Balaban J connectivity index is 2.45. The van der Waals surface area contributed by atoms with Crippen molar-refractivity contribution in [3.8, 4) is 12.3 Å². The highest BCUT2D eigenvalue weighted by Gasteiger charge is 2.32. The van der Waals surface area contributed by atoms with Crippen molar-refractivity contribution in [1.82, 2.24) is 10.3 Å². The molecule has 0 saturated carbocycles. The zero-order valence-corrected chi connectivity index (χ0v) is 16.7. The van der Waals surface area contributed by atoms with Gasteiger partial charge in [0.25, 0.3) is 0 Å². The number of hydrogen-bond donors (Lipinski definition) is 4. The minimum Gasteiger partial charge on any atom is -0.744 e. The van der Waals surface area contributed by atoms with Crippen molar-refractivity contribution < 1.29 is 25.9 Å². The van der Waals surface area contributed by atoms with Crippen molar-refractivity contribution in [1.29, 1.82) is 10.5 Å². The lowest BCUT2D eigenvalue weighted by Crippen LogP contribution is -2.33. The molecular weight excluding hydrogens is 452 g/mol. The van der Waals surface area contributed by atoms with Crippen molar-refractivity contribution in [2.45, 2.75) is 15.8 Å². The molecule has 0 saturated heterocycles. The van der Waals surface area contributed by atoms with Crippen LogP contribution in [0, 0.1) is 22.8 Å². The van der Waals surface area contributed by atoms with Crippen molar-refractivity contribution in [2.24, 2.45) is 4.99 Å². The number of guanidine groups is 1. The number of rotatable bonds is 3. The van der Waals surface area contributed by atoms with E-state index in [9.17, 15) is 31.2 Å². The molecule has 1 unspecified atom stereocenters. The third-order valence-corrected chi connectivity index (χ3v) is 5.93. The summed E-state index contributed by atoms with van der Waals surface area (Å²) in [5, 5.41) is 22.9. The SMILES string of the molecule is N#CNC1=NC(c2cc(S(=O)(=O)[O-])ccc2S(=O)(=O)[O-])c2c(nc(N)c(C#N)c2N)N1. The Morgan fingerprint density at radius 3 is 2.35 bits per heavy atom. The smallest absolute Gasteiger partial charge is 0.211 e. The van der Waals surface area contributed by atoms with E-state index in [0.29, 0.717) is 18.2 Å². The van der Waals surface area contributed by atoms with Gasteiger partial charge in [0.1, 0.15) is 49.5 Å². The lowest BCUT2D eigenvalue weighted by molar-refractivity contribution is 0.457. The fourth-order valence-corrected chi connectivity index (χ4v) is 4.13. The molecule has 16 heteroatoms. The number of nitriles is 2. The molecule has 0 radical (unpaired) electrons. The number of hydrogen-bond acceptors (Lipinski definition) is 14. The van der Waals surface area contributed by atoms with E-state index in [0.717, 1.165) is 0 Å². The normalized spacial score (nSPS) is 15.6. The van der Waals surface area contributed by atoms with Crippen molar-refractivity contribution in [3.05, 3.63) is 34.9 Å². The van der Waals surface area contributed by atoms with Crippen molar-refractivity contribution in [2.75, 3.05) is 16.8 Å². The zero-order chi connectivity index (χ0) is 23.1. The summed E-state index contributed by atoms with van der Waals surface area (Å²) in [6.45, 7) is 0. The van der Waals surface area contributed by atoms with Crippen LogP contribution in [0.3, 0.4) is 0 Å². The molecule has 1 aliphatic heterocycles. The average Bonchev–Trinajstić information content (AvgIpc) is 2.66. The number of aliphatic imine (C=N–C) groups is 1. The minimum absolute atomic E-state index is 0.125. The molecule has 2 heterocycles. The van der Waals surface area contributed by atoms with Crippen LogP contribution in [-0.4, -0.2) is 36.9 Å². The molecule has 1 aromatic carbocycles. The molecule has 6 N–H and O–H groups in total.